The number of likely N-dealkylation sites (tertiary alicyclic amines) is 1. The molecule has 6 rings (SSSR count). The van der Waals surface area contributed by atoms with Crippen LogP contribution in [0.15, 0.2) is 17.4 Å². The maximum atomic E-state index is 13.3. The van der Waals surface area contributed by atoms with Crippen LogP contribution < -0.4 is 10.1 Å². The number of anilines is 2. The summed E-state index contributed by atoms with van der Waals surface area (Å²) in [6, 6.07) is 2.47. The van der Waals surface area contributed by atoms with Crippen LogP contribution in [0, 0.1) is 5.92 Å². The zero-order chi connectivity index (χ0) is 24.1. The van der Waals surface area contributed by atoms with E-state index in [4.69, 9.17) is 4.74 Å². The standard InChI is InChI=1S/C25H29N7O2S/c1-31(2)16-6-7-32(12-16)25(33)14-4-5-17-20(9-14)35-24-21(17)22(27-13-28-24)29-18-8-15-10-26-11-19(15)30-23(18)34-3/h8,10,13-14,16H,4-7,9,11-12H2,1-3H3,(H,27,28,29)/t14-,16-/m0/s1. The van der Waals surface area contributed by atoms with Crippen LogP contribution >= 0.6 is 11.3 Å². The van der Waals surface area contributed by atoms with E-state index in [2.05, 4.69) is 49.2 Å². The van der Waals surface area contributed by atoms with Gasteiger partial charge < -0.3 is 19.9 Å². The van der Waals surface area contributed by atoms with Crippen LogP contribution in [-0.4, -0.2) is 77.2 Å². The second-order valence-electron chi connectivity index (χ2n) is 9.71. The molecule has 1 aliphatic carbocycles. The molecule has 0 bridgehead atoms. The molecule has 0 unspecified atom stereocenters. The molecule has 10 heteroatoms. The number of pyridine rings is 1. The minimum absolute atomic E-state index is 0.0427. The predicted octanol–water partition coefficient (Wildman–Crippen LogP) is 3.04. The van der Waals surface area contributed by atoms with Gasteiger partial charge in [-0.1, -0.05) is 0 Å². The van der Waals surface area contributed by atoms with Crippen molar-refractivity contribution in [3.63, 3.8) is 0 Å². The van der Waals surface area contributed by atoms with Crippen LogP contribution in [0.3, 0.4) is 0 Å². The number of rotatable bonds is 5. The van der Waals surface area contributed by atoms with Crippen molar-refractivity contribution in [2.24, 2.45) is 10.9 Å². The number of nitrogens with one attached hydrogen (secondary N) is 1. The number of ether oxygens (including phenoxy) is 1. The van der Waals surface area contributed by atoms with E-state index in [1.165, 1.54) is 10.4 Å². The van der Waals surface area contributed by atoms with Crippen molar-refractivity contribution >= 4 is 45.2 Å². The Bertz CT molecular complexity index is 1340. The number of methoxy groups -OCH3 is 1. The van der Waals surface area contributed by atoms with E-state index < -0.39 is 0 Å². The van der Waals surface area contributed by atoms with E-state index in [-0.39, 0.29) is 5.92 Å². The van der Waals surface area contributed by atoms with Gasteiger partial charge in [-0.05, 0) is 51.4 Å². The topological polar surface area (TPSA) is 95.8 Å². The minimum Gasteiger partial charge on any atom is -0.480 e. The number of likely N-dealkylation sites (N-methyl/N-ethyl adjacent to an activating group) is 1. The number of nitrogens with zero attached hydrogens (tertiary/aromatic N) is 6. The summed E-state index contributed by atoms with van der Waals surface area (Å²) >= 11 is 1.69. The Kier molecular flexibility index (Phi) is 5.64. The maximum absolute atomic E-state index is 13.3. The van der Waals surface area contributed by atoms with Gasteiger partial charge in [0.15, 0.2) is 0 Å². The van der Waals surface area contributed by atoms with Gasteiger partial charge in [-0.25, -0.2) is 15.0 Å². The van der Waals surface area contributed by atoms with Crippen LogP contribution in [-0.2, 0) is 24.2 Å². The lowest BCUT2D eigenvalue weighted by atomic mass is 9.87. The van der Waals surface area contributed by atoms with E-state index in [0.29, 0.717) is 24.4 Å². The van der Waals surface area contributed by atoms with Crippen LogP contribution in [0.25, 0.3) is 10.2 Å². The molecule has 5 heterocycles. The van der Waals surface area contributed by atoms with Crippen molar-refractivity contribution in [3.8, 4) is 5.88 Å². The number of aryl methyl sites for hydroxylation is 1. The number of amides is 1. The molecule has 1 amide bonds. The molecule has 9 nitrogen and oxygen atoms in total. The molecule has 0 saturated carbocycles. The Morgan fingerprint density at radius 2 is 2.17 bits per heavy atom. The summed E-state index contributed by atoms with van der Waals surface area (Å²) in [6.45, 7) is 2.27. The number of hydrogen-bond donors (Lipinski definition) is 1. The summed E-state index contributed by atoms with van der Waals surface area (Å²) < 4.78 is 5.55. The highest BCUT2D eigenvalue weighted by Crippen LogP contribution is 2.41. The normalized spacial score (nSPS) is 21.0. The van der Waals surface area contributed by atoms with Gasteiger partial charge >= 0.3 is 0 Å². The van der Waals surface area contributed by atoms with Crippen molar-refractivity contribution < 1.29 is 9.53 Å². The second kappa shape index (κ2) is 8.83. The van der Waals surface area contributed by atoms with E-state index in [0.717, 1.165) is 71.8 Å². The Morgan fingerprint density at radius 3 is 2.97 bits per heavy atom. The number of fused-ring (bicyclic) bond motifs is 4. The molecule has 2 atom stereocenters. The smallest absolute Gasteiger partial charge is 0.237 e. The van der Waals surface area contributed by atoms with Gasteiger partial charge in [-0.15, -0.1) is 11.3 Å². The summed E-state index contributed by atoms with van der Waals surface area (Å²) in [4.78, 5) is 37.9. The number of carbonyl (C=O) groups is 1. The zero-order valence-corrected chi connectivity index (χ0v) is 21.1. The molecular weight excluding hydrogens is 462 g/mol. The highest BCUT2D eigenvalue weighted by Gasteiger charge is 2.35. The first-order valence-corrected chi connectivity index (χ1v) is 12.9. The predicted molar refractivity (Wildman–Crippen MR) is 137 cm³/mol. The number of hydrogen-bond acceptors (Lipinski definition) is 9. The number of aliphatic imine (C=N–C) groups is 1. The Labute approximate surface area is 208 Å². The van der Waals surface area contributed by atoms with E-state index in [1.807, 2.05) is 12.3 Å². The summed E-state index contributed by atoms with van der Waals surface area (Å²) in [5.41, 5.74) is 3.93. The molecule has 3 aromatic rings. The fraction of sp³-hybridized carbons (Fsp3) is 0.480. The number of thiophene rings is 1. The van der Waals surface area contributed by atoms with Gasteiger partial charge in [-0.2, -0.15) is 0 Å². The monoisotopic (exact) mass is 491 g/mol. The van der Waals surface area contributed by atoms with Crippen LogP contribution in [0.4, 0.5) is 11.5 Å². The van der Waals surface area contributed by atoms with E-state index in [1.54, 1.807) is 24.8 Å². The van der Waals surface area contributed by atoms with Gasteiger partial charge in [0.25, 0.3) is 0 Å². The summed E-state index contributed by atoms with van der Waals surface area (Å²) in [7, 11) is 5.81. The quantitative estimate of drug-likeness (QED) is 0.586. The molecule has 1 saturated heterocycles. The SMILES string of the molecule is COc1nc2c(cc1Nc1ncnc3sc4c(c13)CC[C@H](C(=O)N1CC[C@H](N(C)C)C1)C4)C=NC2. The molecule has 0 radical (unpaired) electrons. The molecule has 3 aliphatic rings. The Balaban J connectivity index is 1.27. The first kappa shape index (κ1) is 22.4. The average molecular weight is 492 g/mol. The van der Waals surface area contributed by atoms with Gasteiger partial charge in [-0.3, -0.25) is 9.79 Å². The molecule has 182 valence electrons. The van der Waals surface area contributed by atoms with Crippen molar-refractivity contribution in [1.29, 1.82) is 0 Å². The largest absolute Gasteiger partial charge is 0.480 e. The summed E-state index contributed by atoms with van der Waals surface area (Å²) in [5, 5.41) is 4.50. The highest BCUT2D eigenvalue weighted by atomic mass is 32.1. The molecule has 0 spiro atoms. The Hall–Kier alpha value is -3.11. The molecule has 35 heavy (non-hydrogen) atoms. The first-order chi connectivity index (χ1) is 17.0. The molecular formula is C25H29N7O2S. The third-order valence-electron chi connectivity index (χ3n) is 7.42. The van der Waals surface area contributed by atoms with Gasteiger partial charge in [0.1, 0.15) is 22.7 Å². The third-order valence-corrected chi connectivity index (χ3v) is 8.58. The van der Waals surface area contributed by atoms with Crippen LogP contribution in [0.5, 0.6) is 5.88 Å². The maximum Gasteiger partial charge on any atom is 0.237 e. The fourth-order valence-electron chi connectivity index (χ4n) is 5.43. The third kappa shape index (κ3) is 3.94. The molecule has 2 aliphatic heterocycles. The first-order valence-electron chi connectivity index (χ1n) is 12.1. The van der Waals surface area contributed by atoms with Crippen LogP contribution in [0.2, 0.25) is 0 Å². The zero-order valence-electron chi connectivity index (χ0n) is 20.2. The van der Waals surface area contributed by atoms with Gasteiger partial charge in [0.05, 0.1) is 24.7 Å². The highest BCUT2D eigenvalue weighted by molar-refractivity contribution is 7.19. The lowest BCUT2D eigenvalue weighted by molar-refractivity contribution is -0.134. The Morgan fingerprint density at radius 1 is 1.29 bits per heavy atom. The van der Waals surface area contributed by atoms with E-state index >= 15 is 0 Å². The summed E-state index contributed by atoms with van der Waals surface area (Å²) in [6.07, 6.45) is 6.97. The molecule has 0 aromatic carbocycles. The molecule has 1 N–H and O–H groups in total. The molecule has 1 fully saturated rings. The lowest BCUT2D eigenvalue weighted by Gasteiger charge is -2.27. The van der Waals surface area contributed by atoms with Crippen molar-refractivity contribution in [3.05, 3.63) is 34.1 Å². The summed E-state index contributed by atoms with van der Waals surface area (Å²) in [5.74, 6) is 1.62. The second-order valence-corrected chi connectivity index (χ2v) is 10.8. The minimum atomic E-state index is 0.0427. The van der Waals surface area contributed by atoms with E-state index in [9.17, 15) is 4.79 Å². The van der Waals surface area contributed by atoms with Crippen molar-refractivity contribution in [2.75, 3.05) is 39.6 Å². The van der Waals surface area contributed by atoms with Gasteiger partial charge in [0, 0.05) is 41.7 Å². The van der Waals surface area contributed by atoms with Crippen LogP contribution in [0.1, 0.15) is 34.5 Å². The average Bonchev–Trinajstić information content (AvgIpc) is 3.60. The fourth-order valence-corrected chi connectivity index (χ4v) is 6.69. The molecule has 3 aromatic heterocycles. The lowest BCUT2D eigenvalue weighted by Crippen LogP contribution is -2.39. The van der Waals surface area contributed by atoms with Crippen molar-refractivity contribution in [2.45, 2.75) is 38.3 Å². The van der Waals surface area contributed by atoms with Gasteiger partial charge in [0.2, 0.25) is 11.8 Å². The number of carbonyl (C=O) groups excluding carboxylic acids is 1. The van der Waals surface area contributed by atoms with Crippen molar-refractivity contribution in [1.82, 2.24) is 24.8 Å². The number of aromatic nitrogens is 3.